The first-order valence-corrected chi connectivity index (χ1v) is 7.67. The summed E-state index contributed by atoms with van der Waals surface area (Å²) < 4.78 is 5.41. The highest BCUT2D eigenvalue weighted by Crippen LogP contribution is 2.27. The molecule has 0 aromatic carbocycles. The van der Waals surface area contributed by atoms with Gasteiger partial charge in [-0.2, -0.15) is 9.97 Å². The van der Waals surface area contributed by atoms with Crippen LogP contribution in [0.3, 0.4) is 0 Å². The molecule has 0 radical (unpaired) electrons. The minimum Gasteiger partial charge on any atom is -0.378 e. The molecule has 1 fully saturated rings. The van der Waals surface area contributed by atoms with E-state index in [2.05, 4.69) is 31.2 Å². The number of H-pyrrole nitrogens is 1. The Hall–Kier alpha value is -2.67. The molecule has 0 amide bonds. The summed E-state index contributed by atoms with van der Waals surface area (Å²) in [6.07, 6.45) is 3.53. The van der Waals surface area contributed by atoms with Gasteiger partial charge in [0.05, 0.1) is 30.5 Å². The fourth-order valence-corrected chi connectivity index (χ4v) is 2.70. The second-order valence-corrected chi connectivity index (χ2v) is 5.55. The van der Waals surface area contributed by atoms with Crippen molar-refractivity contribution in [2.75, 3.05) is 36.5 Å². The molecule has 7 nitrogen and oxygen atoms in total. The van der Waals surface area contributed by atoms with Gasteiger partial charge in [-0.1, -0.05) is 0 Å². The molecule has 0 atom stereocenters. The van der Waals surface area contributed by atoms with Gasteiger partial charge < -0.3 is 19.9 Å². The van der Waals surface area contributed by atoms with Gasteiger partial charge in [-0.05, 0) is 25.1 Å². The third-order valence-electron chi connectivity index (χ3n) is 3.83. The number of nitrogens with one attached hydrogen (secondary N) is 2. The number of morpholine rings is 1. The summed E-state index contributed by atoms with van der Waals surface area (Å²) in [5.74, 6) is 1.50. The van der Waals surface area contributed by atoms with Crippen molar-refractivity contribution in [1.29, 1.82) is 0 Å². The minimum atomic E-state index is 0.705. The molecule has 3 aromatic rings. The van der Waals surface area contributed by atoms with Crippen LogP contribution < -0.4 is 10.2 Å². The van der Waals surface area contributed by atoms with Crippen LogP contribution in [0.2, 0.25) is 0 Å². The molecule has 7 heteroatoms. The Balaban J connectivity index is 1.77. The molecule has 23 heavy (non-hydrogen) atoms. The molecule has 118 valence electrons. The maximum atomic E-state index is 5.41. The van der Waals surface area contributed by atoms with E-state index in [0.29, 0.717) is 19.2 Å². The number of hydrogen-bond acceptors (Lipinski definition) is 6. The lowest BCUT2D eigenvalue weighted by Gasteiger charge is -2.27. The van der Waals surface area contributed by atoms with E-state index in [0.717, 1.165) is 41.3 Å². The number of anilines is 3. The van der Waals surface area contributed by atoms with Gasteiger partial charge in [-0.3, -0.25) is 4.98 Å². The molecule has 0 aliphatic carbocycles. The molecule has 2 N–H and O–H groups in total. The molecule has 1 saturated heterocycles. The van der Waals surface area contributed by atoms with E-state index in [1.807, 2.05) is 19.1 Å². The maximum absolute atomic E-state index is 5.41. The van der Waals surface area contributed by atoms with Gasteiger partial charge in [0.2, 0.25) is 5.95 Å². The van der Waals surface area contributed by atoms with Crippen molar-refractivity contribution in [2.24, 2.45) is 0 Å². The lowest BCUT2D eigenvalue weighted by Crippen LogP contribution is -2.37. The van der Waals surface area contributed by atoms with Crippen LogP contribution in [-0.2, 0) is 4.74 Å². The fraction of sp³-hybridized carbons (Fsp3) is 0.312. The zero-order valence-electron chi connectivity index (χ0n) is 12.9. The SMILES string of the molecule is Cc1cc2c(Nc3cccnc3)nc(N3CCOCC3)nc2[nH]1. The third-order valence-corrected chi connectivity index (χ3v) is 3.83. The predicted molar refractivity (Wildman–Crippen MR) is 89.2 cm³/mol. The number of aromatic amines is 1. The van der Waals surface area contributed by atoms with Crippen LogP contribution in [-0.4, -0.2) is 46.2 Å². The largest absolute Gasteiger partial charge is 0.378 e. The summed E-state index contributed by atoms with van der Waals surface area (Å²) in [5.41, 5.74) is 2.80. The zero-order chi connectivity index (χ0) is 15.6. The van der Waals surface area contributed by atoms with Gasteiger partial charge in [0.25, 0.3) is 0 Å². The van der Waals surface area contributed by atoms with E-state index in [1.165, 1.54) is 0 Å². The lowest BCUT2D eigenvalue weighted by atomic mass is 10.3. The van der Waals surface area contributed by atoms with Crippen LogP contribution in [0, 0.1) is 6.92 Å². The van der Waals surface area contributed by atoms with E-state index < -0.39 is 0 Å². The van der Waals surface area contributed by atoms with Crippen LogP contribution in [0.25, 0.3) is 11.0 Å². The lowest BCUT2D eigenvalue weighted by molar-refractivity contribution is 0.122. The van der Waals surface area contributed by atoms with Gasteiger partial charge in [-0.15, -0.1) is 0 Å². The minimum absolute atomic E-state index is 0.705. The van der Waals surface area contributed by atoms with Crippen molar-refractivity contribution in [3.63, 3.8) is 0 Å². The first-order valence-electron chi connectivity index (χ1n) is 7.67. The molecule has 1 aliphatic rings. The smallest absolute Gasteiger partial charge is 0.229 e. The molecule has 1 aliphatic heterocycles. The van der Waals surface area contributed by atoms with E-state index in [4.69, 9.17) is 9.72 Å². The standard InChI is InChI=1S/C16H18N6O/c1-11-9-13-14(18-11)20-16(22-5-7-23-8-6-22)21-15(13)19-12-3-2-4-17-10-12/h2-4,9-10H,5-8H2,1H3,(H2,18,19,20,21). The molecular formula is C16H18N6O. The van der Waals surface area contributed by atoms with Gasteiger partial charge in [0.15, 0.2) is 0 Å². The van der Waals surface area contributed by atoms with E-state index in [9.17, 15) is 0 Å². The number of ether oxygens (including phenoxy) is 1. The van der Waals surface area contributed by atoms with Crippen LogP contribution in [0.5, 0.6) is 0 Å². The number of hydrogen-bond donors (Lipinski definition) is 2. The predicted octanol–water partition coefficient (Wildman–Crippen LogP) is 2.24. The molecule has 0 unspecified atom stereocenters. The summed E-state index contributed by atoms with van der Waals surface area (Å²) >= 11 is 0. The molecule has 0 spiro atoms. The summed E-state index contributed by atoms with van der Waals surface area (Å²) in [6, 6.07) is 5.91. The monoisotopic (exact) mass is 310 g/mol. The number of nitrogens with zero attached hydrogens (tertiary/aromatic N) is 4. The third kappa shape index (κ3) is 2.83. The second kappa shape index (κ2) is 5.85. The Bertz CT molecular complexity index is 810. The van der Waals surface area contributed by atoms with Crippen molar-refractivity contribution in [2.45, 2.75) is 6.92 Å². The number of pyridine rings is 1. The summed E-state index contributed by atoms with van der Waals surface area (Å²) in [5, 5.41) is 4.32. The zero-order valence-corrected chi connectivity index (χ0v) is 12.9. The summed E-state index contributed by atoms with van der Waals surface area (Å²) in [4.78, 5) is 19.0. The number of rotatable bonds is 3. The average molecular weight is 310 g/mol. The highest BCUT2D eigenvalue weighted by Gasteiger charge is 2.17. The quantitative estimate of drug-likeness (QED) is 0.772. The first kappa shape index (κ1) is 14.0. The summed E-state index contributed by atoms with van der Waals surface area (Å²) in [7, 11) is 0. The molecule has 4 rings (SSSR count). The average Bonchev–Trinajstić information content (AvgIpc) is 2.97. The van der Waals surface area contributed by atoms with Crippen molar-refractivity contribution >= 4 is 28.5 Å². The number of aryl methyl sites for hydroxylation is 1. The Labute approximate surface area is 133 Å². The summed E-state index contributed by atoms with van der Waals surface area (Å²) in [6.45, 7) is 5.03. The highest BCUT2D eigenvalue weighted by molar-refractivity contribution is 5.90. The molecule has 3 aromatic heterocycles. The number of fused-ring (bicyclic) bond motifs is 1. The fourth-order valence-electron chi connectivity index (χ4n) is 2.70. The van der Waals surface area contributed by atoms with E-state index >= 15 is 0 Å². The molecule has 0 bridgehead atoms. The van der Waals surface area contributed by atoms with Crippen molar-refractivity contribution in [3.05, 3.63) is 36.3 Å². The van der Waals surface area contributed by atoms with Crippen LogP contribution in [0.1, 0.15) is 5.69 Å². The normalized spacial score (nSPS) is 15.1. The highest BCUT2D eigenvalue weighted by atomic mass is 16.5. The van der Waals surface area contributed by atoms with Gasteiger partial charge in [-0.25, -0.2) is 0 Å². The Kier molecular flexibility index (Phi) is 3.55. The Morgan fingerprint density at radius 1 is 1.26 bits per heavy atom. The maximum Gasteiger partial charge on any atom is 0.229 e. The van der Waals surface area contributed by atoms with Crippen molar-refractivity contribution in [1.82, 2.24) is 19.9 Å². The number of aromatic nitrogens is 4. The Morgan fingerprint density at radius 2 is 2.13 bits per heavy atom. The topological polar surface area (TPSA) is 79.0 Å². The molecular weight excluding hydrogens is 292 g/mol. The van der Waals surface area contributed by atoms with E-state index in [-0.39, 0.29) is 0 Å². The van der Waals surface area contributed by atoms with Crippen LogP contribution in [0.4, 0.5) is 17.5 Å². The van der Waals surface area contributed by atoms with Crippen molar-refractivity contribution in [3.8, 4) is 0 Å². The van der Waals surface area contributed by atoms with Gasteiger partial charge >= 0.3 is 0 Å². The first-order chi connectivity index (χ1) is 11.3. The van der Waals surface area contributed by atoms with Crippen LogP contribution >= 0.6 is 0 Å². The van der Waals surface area contributed by atoms with Crippen molar-refractivity contribution < 1.29 is 4.74 Å². The second-order valence-electron chi connectivity index (χ2n) is 5.55. The van der Waals surface area contributed by atoms with E-state index in [1.54, 1.807) is 12.4 Å². The van der Waals surface area contributed by atoms with Gasteiger partial charge in [0, 0.05) is 25.0 Å². The Morgan fingerprint density at radius 3 is 2.91 bits per heavy atom. The van der Waals surface area contributed by atoms with Gasteiger partial charge in [0.1, 0.15) is 11.5 Å². The van der Waals surface area contributed by atoms with Crippen LogP contribution in [0.15, 0.2) is 30.6 Å². The molecule has 0 saturated carbocycles. The molecule has 4 heterocycles.